The van der Waals surface area contributed by atoms with Gasteiger partial charge in [-0.05, 0) is 44.2 Å². The first-order chi connectivity index (χ1) is 17.1. The van der Waals surface area contributed by atoms with E-state index in [4.69, 9.17) is 5.26 Å². The van der Waals surface area contributed by atoms with E-state index in [1.807, 2.05) is 6.07 Å². The van der Waals surface area contributed by atoms with Gasteiger partial charge in [0, 0.05) is 25.5 Å². The van der Waals surface area contributed by atoms with Crippen molar-refractivity contribution in [3.05, 3.63) is 76.5 Å². The van der Waals surface area contributed by atoms with E-state index in [-0.39, 0.29) is 11.1 Å². The molecule has 0 fully saturated rings. The monoisotopic (exact) mass is 489 g/mol. The van der Waals surface area contributed by atoms with Crippen molar-refractivity contribution in [1.82, 2.24) is 24.5 Å². The summed E-state index contributed by atoms with van der Waals surface area (Å²) < 4.78 is 17.2. The first-order valence-corrected chi connectivity index (χ1v) is 11.0. The summed E-state index contributed by atoms with van der Waals surface area (Å²) >= 11 is 0. The minimum Gasteiger partial charge on any atom is -0.387 e. The van der Waals surface area contributed by atoms with Gasteiger partial charge in [-0.25, -0.2) is 8.91 Å². The Balaban J connectivity index is 1.73. The molecule has 3 N–H and O–H groups in total. The van der Waals surface area contributed by atoms with Crippen molar-refractivity contribution < 1.29 is 14.3 Å². The molecule has 1 unspecified atom stereocenters. The van der Waals surface area contributed by atoms with Crippen LogP contribution < -0.4 is 16.2 Å². The molecule has 36 heavy (non-hydrogen) atoms. The predicted molar refractivity (Wildman–Crippen MR) is 132 cm³/mol. The third-order valence-electron chi connectivity index (χ3n) is 5.61. The summed E-state index contributed by atoms with van der Waals surface area (Å²) in [6.45, 7) is 2.25. The molecule has 0 bridgehead atoms. The molecule has 1 atom stereocenters. The number of carbonyl (C=O) groups is 1. The van der Waals surface area contributed by atoms with Crippen LogP contribution in [0.3, 0.4) is 0 Å². The maximum Gasteiger partial charge on any atom is 0.255 e. The molecule has 4 aromatic heterocycles. The maximum atomic E-state index is 14.2. The van der Waals surface area contributed by atoms with Crippen LogP contribution in [0.1, 0.15) is 29.8 Å². The lowest BCUT2D eigenvalue weighted by molar-refractivity contribution is -0.00177. The Morgan fingerprint density at radius 2 is 2.03 bits per heavy atom. The molecule has 0 aliphatic rings. The third-order valence-corrected chi connectivity index (χ3v) is 5.61. The Labute approximate surface area is 205 Å². The minimum absolute atomic E-state index is 0.135. The lowest BCUT2D eigenvalue weighted by Crippen LogP contribution is -2.42. The van der Waals surface area contributed by atoms with Crippen molar-refractivity contribution in [2.45, 2.75) is 25.6 Å². The molecule has 0 spiro atoms. The molecule has 4 aromatic rings. The van der Waals surface area contributed by atoms with Crippen molar-refractivity contribution >= 4 is 22.8 Å². The Kier molecular flexibility index (Phi) is 6.55. The molecular formula is C25H24FN7O3. The zero-order valence-electron chi connectivity index (χ0n) is 19.9. The van der Waals surface area contributed by atoms with Gasteiger partial charge in [-0.3, -0.25) is 14.6 Å². The number of hydrogen-bond acceptors (Lipinski definition) is 7. The number of nitriles is 1. The van der Waals surface area contributed by atoms with Crippen LogP contribution in [0.4, 0.5) is 15.8 Å². The van der Waals surface area contributed by atoms with Gasteiger partial charge in [0.05, 0.1) is 57.7 Å². The first kappa shape index (κ1) is 24.6. The highest BCUT2D eigenvalue weighted by Crippen LogP contribution is 2.27. The van der Waals surface area contributed by atoms with E-state index in [0.29, 0.717) is 33.8 Å². The number of amides is 1. The largest absolute Gasteiger partial charge is 0.387 e. The molecule has 0 aliphatic carbocycles. The smallest absolute Gasteiger partial charge is 0.255 e. The van der Waals surface area contributed by atoms with Crippen LogP contribution in [0.25, 0.3) is 16.9 Å². The van der Waals surface area contributed by atoms with Crippen LogP contribution >= 0.6 is 0 Å². The molecule has 0 radical (unpaired) electrons. The standard InChI is InChI=1S/C25H24FN7O3/c1-25(2,36)22(26)13-29-24(35)18-12-28-20(9-19(18)31-16-4-7-23(34)32(3)14-16)21-6-5-17-8-15(10-27)11-30-33(17)21/h4-9,11-12,14,22,36H,13H2,1-3H3,(H,28,31)(H,29,35). The number of alkyl halides is 1. The highest BCUT2D eigenvalue weighted by molar-refractivity contribution is 6.00. The van der Waals surface area contributed by atoms with Crippen LogP contribution in [0, 0.1) is 11.3 Å². The van der Waals surface area contributed by atoms with E-state index in [1.54, 1.807) is 48.1 Å². The summed E-state index contributed by atoms with van der Waals surface area (Å²) in [5.41, 5.74) is 1.44. The van der Waals surface area contributed by atoms with Crippen molar-refractivity contribution in [3.63, 3.8) is 0 Å². The fourth-order valence-electron chi connectivity index (χ4n) is 3.48. The van der Waals surface area contributed by atoms with Crippen molar-refractivity contribution in [2.75, 3.05) is 11.9 Å². The molecule has 4 heterocycles. The quantitative estimate of drug-likeness (QED) is 0.363. The van der Waals surface area contributed by atoms with Gasteiger partial charge in [0.25, 0.3) is 5.91 Å². The van der Waals surface area contributed by atoms with Gasteiger partial charge in [-0.15, -0.1) is 0 Å². The van der Waals surface area contributed by atoms with Gasteiger partial charge in [-0.2, -0.15) is 10.4 Å². The molecule has 0 aromatic carbocycles. The topological polar surface area (TPSA) is 137 Å². The van der Waals surface area contributed by atoms with Crippen LogP contribution in [-0.4, -0.2) is 48.5 Å². The first-order valence-electron chi connectivity index (χ1n) is 11.0. The molecule has 4 rings (SSSR count). The summed E-state index contributed by atoms with van der Waals surface area (Å²) in [6.07, 6.45) is 2.70. The van der Waals surface area contributed by atoms with Gasteiger partial charge >= 0.3 is 0 Å². The number of aryl methyl sites for hydroxylation is 1. The van der Waals surface area contributed by atoms with E-state index in [1.165, 1.54) is 36.9 Å². The Morgan fingerprint density at radius 1 is 1.25 bits per heavy atom. The highest BCUT2D eigenvalue weighted by Gasteiger charge is 2.27. The summed E-state index contributed by atoms with van der Waals surface area (Å²) in [5, 5.41) is 28.9. The van der Waals surface area contributed by atoms with E-state index >= 15 is 0 Å². The van der Waals surface area contributed by atoms with Crippen molar-refractivity contribution in [2.24, 2.45) is 7.05 Å². The van der Waals surface area contributed by atoms with Gasteiger partial charge in [0.15, 0.2) is 0 Å². The van der Waals surface area contributed by atoms with Gasteiger partial charge in [0.1, 0.15) is 12.2 Å². The molecule has 10 nitrogen and oxygen atoms in total. The highest BCUT2D eigenvalue weighted by atomic mass is 19.1. The number of hydrogen-bond donors (Lipinski definition) is 3. The van der Waals surface area contributed by atoms with Crippen LogP contribution in [0.15, 0.2) is 59.8 Å². The second kappa shape index (κ2) is 9.59. The summed E-state index contributed by atoms with van der Waals surface area (Å²) in [4.78, 5) is 29.1. The summed E-state index contributed by atoms with van der Waals surface area (Å²) in [6, 6.07) is 11.9. The van der Waals surface area contributed by atoms with Gasteiger partial charge < -0.3 is 20.3 Å². The number of fused-ring (bicyclic) bond motifs is 1. The van der Waals surface area contributed by atoms with Gasteiger partial charge in [0.2, 0.25) is 5.56 Å². The number of aromatic nitrogens is 4. The predicted octanol–water partition coefficient (Wildman–Crippen LogP) is 2.55. The second-order valence-corrected chi connectivity index (χ2v) is 8.85. The average molecular weight is 490 g/mol. The minimum atomic E-state index is -1.68. The number of carbonyl (C=O) groups excluding carboxylic acids is 1. The number of pyridine rings is 2. The number of anilines is 2. The molecule has 184 valence electrons. The number of nitrogens with zero attached hydrogens (tertiary/aromatic N) is 5. The maximum absolute atomic E-state index is 14.2. The Morgan fingerprint density at radius 3 is 2.72 bits per heavy atom. The van der Waals surface area contributed by atoms with Crippen LogP contribution in [0.2, 0.25) is 0 Å². The lowest BCUT2D eigenvalue weighted by Gasteiger charge is -2.22. The second-order valence-electron chi connectivity index (χ2n) is 8.85. The SMILES string of the molecule is Cn1cc(Nc2cc(-c3ccc4cc(C#N)cnn34)ncc2C(=O)NCC(F)C(C)(C)O)ccc1=O. The van der Waals surface area contributed by atoms with Crippen LogP contribution in [0.5, 0.6) is 0 Å². The third kappa shape index (κ3) is 5.08. The van der Waals surface area contributed by atoms with E-state index in [9.17, 15) is 19.1 Å². The van der Waals surface area contributed by atoms with E-state index in [0.717, 1.165) is 0 Å². The molecular weight excluding hydrogens is 465 g/mol. The zero-order chi connectivity index (χ0) is 26.0. The summed E-state index contributed by atoms with van der Waals surface area (Å²) in [5.74, 6) is -0.593. The summed E-state index contributed by atoms with van der Waals surface area (Å²) in [7, 11) is 1.60. The number of halogens is 1. The average Bonchev–Trinajstić information content (AvgIpc) is 3.27. The lowest BCUT2D eigenvalue weighted by atomic mass is 10.0. The fourth-order valence-corrected chi connectivity index (χ4v) is 3.48. The number of aliphatic hydroxyl groups is 1. The molecule has 0 saturated carbocycles. The Bertz CT molecular complexity index is 1550. The van der Waals surface area contributed by atoms with E-state index < -0.39 is 24.2 Å². The zero-order valence-corrected chi connectivity index (χ0v) is 19.9. The van der Waals surface area contributed by atoms with Crippen molar-refractivity contribution in [3.8, 4) is 17.5 Å². The Hall–Kier alpha value is -4.56. The van der Waals surface area contributed by atoms with Crippen LogP contribution in [-0.2, 0) is 7.05 Å². The van der Waals surface area contributed by atoms with E-state index in [2.05, 4.69) is 20.7 Å². The van der Waals surface area contributed by atoms with Crippen molar-refractivity contribution in [1.29, 1.82) is 5.26 Å². The molecule has 0 aliphatic heterocycles. The number of rotatable bonds is 7. The molecule has 0 saturated heterocycles. The fraction of sp³-hybridized carbons (Fsp3) is 0.240. The molecule has 1 amide bonds. The number of nitrogens with one attached hydrogen (secondary N) is 2. The normalized spacial score (nSPS) is 12.2. The van der Waals surface area contributed by atoms with Gasteiger partial charge in [-0.1, -0.05) is 0 Å². The molecule has 11 heteroatoms.